The van der Waals surface area contributed by atoms with E-state index in [0.29, 0.717) is 22.0 Å². The number of benzene rings is 2. The van der Waals surface area contributed by atoms with Gasteiger partial charge in [-0.25, -0.2) is 0 Å². The number of carbonyl (C=O) groups is 2. The van der Waals surface area contributed by atoms with E-state index in [1.807, 2.05) is 66.7 Å². The summed E-state index contributed by atoms with van der Waals surface area (Å²) in [5.41, 5.74) is 3.39. The maximum Gasteiger partial charge on any atom is 0.294 e. The van der Waals surface area contributed by atoms with E-state index in [2.05, 4.69) is 5.32 Å². The number of ketones is 1. The van der Waals surface area contributed by atoms with Crippen molar-refractivity contribution < 1.29 is 14.3 Å². The van der Waals surface area contributed by atoms with Crippen molar-refractivity contribution in [2.24, 2.45) is 0 Å². The van der Waals surface area contributed by atoms with E-state index in [1.165, 1.54) is 0 Å². The van der Waals surface area contributed by atoms with Crippen LogP contribution in [0.3, 0.4) is 0 Å². The van der Waals surface area contributed by atoms with Crippen LogP contribution in [-0.2, 0) is 11.3 Å². The molecule has 0 aliphatic heterocycles. The number of halogens is 1. The Kier molecular flexibility index (Phi) is 5.55. The average molecular weight is 419 g/mol. The Hall–Kier alpha value is -3.57. The third kappa shape index (κ3) is 3.80. The summed E-state index contributed by atoms with van der Waals surface area (Å²) in [5.74, 6) is -0.583. The fourth-order valence-corrected chi connectivity index (χ4v) is 3.55. The highest BCUT2D eigenvalue weighted by Crippen LogP contribution is 2.29. The molecule has 150 valence electrons. The van der Waals surface area contributed by atoms with Crippen molar-refractivity contribution in [1.82, 2.24) is 9.72 Å². The van der Waals surface area contributed by atoms with Gasteiger partial charge in [0.05, 0.1) is 7.11 Å². The Morgan fingerprint density at radius 3 is 2.47 bits per heavy atom. The van der Waals surface area contributed by atoms with Crippen LogP contribution in [0.1, 0.15) is 16.1 Å². The van der Waals surface area contributed by atoms with Crippen LogP contribution in [-0.4, -0.2) is 23.2 Å². The van der Waals surface area contributed by atoms with Gasteiger partial charge in [-0.15, -0.1) is 0 Å². The van der Waals surface area contributed by atoms with Gasteiger partial charge in [0.2, 0.25) is 0 Å². The molecule has 0 saturated carbocycles. The number of pyridine rings is 1. The summed E-state index contributed by atoms with van der Waals surface area (Å²) in [6, 6.07) is 22.1. The minimum Gasteiger partial charge on any atom is -0.497 e. The van der Waals surface area contributed by atoms with Gasteiger partial charge in [0.15, 0.2) is 0 Å². The van der Waals surface area contributed by atoms with Gasteiger partial charge >= 0.3 is 0 Å². The number of nitrogens with zero attached hydrogens (tertiary/aromatic N) is 1. The van der Waals surface area contributed by atoms with Crippen LogP contribution in [0.25, 0.3) is 16.6 Å². The number of Topliss-reactive ketones (excluding diaryl/α,β-unsaturated/α-hetero) is 1. The Morgan fingerprint density at radius 1 is 1.00 bits per heavy atom. The zero-order valence-electron chi connectivity index (χ0n) is 16.3. The second-order valence-corrected chi connectivity index (χ2v) is 7.14. The molecule has 0 aliphatic rings. The summed E-state index contributed by atoms with van der Waals surface area (Å²) in [5, 5.41) is 3.22. The molecule has 2 aromatic carbocycles. The minimum absolute atomic E-state index is 0.172. The molecular formula is C24H19ClN2O3. The van der Waals surface area contributed by atoms with E-state index in [-0.39, 0.29) is 6.54 Å². The Balaban J connectivity index is 1.68. The molecule has 4 rings (SSSR count). The minimum atomic E-state index is -0.687. The molecule has 4 aromatic rings. The van der Waals surface area contributed by atoms with Crippen molar-refractivity contribution in [3.8, 4) is 16.9 Å². The van der Waals surface area contributed by atoms with Crippen molar-refractivity contribution in [3.63, 3.8) is 0 Å². The molecule has 6 heteroatoms. The molecule has 0 unspecified atom stereocenters. The lowest BCUT2D eigenvalue weighted by Gasteiger charge is -2.09. The number of ether oxygens (including phenoxy) is 1. The van der Waals surface area contributed by atoms with Gasteiger partial charge in [-0.05, 0) is 47.5 Å². The lowest BCUT2D eigenvalue weighted by molar-refractivity contribution is -0.117. The summed E-state index contributed by atoms with van der Waals surface area (Å²) in [4.78, 5) is 25.9. The van der Waals surface area contributed by atoms with Gasteiger partial charge < -0.3 is 14.5 Å². The van der Waals surface area contributed by atoms with Gasteiger partial charge in [0.1, 0.15) is 11.4 Å². The third-order valence-corrected chi connectivity index (χ3v) is 5.27. The summed E-state index contributed by atoms with van der Waals surface area (Å²) >= 11 is 6.14. The molecule has 0 fully saturated rings. The quantitative estimate of drug-likeness (QED) is 0.362. The monoisotopic (exact) mass is 418 g/mol. The Bertz CT molecular complexity index is 1230. The van der Waals surface area contributed by atoms with Crippen molar-refractivity contribution in [2.75, 3.05) is 7.11 Å². The van der Waals surface area contributed by atoms with E-state index in [9.17, 15) is 9.59 Å². The highest BCUT2D eigenvalue weighted by atomic mass is 35.5. The van der Waals surface area contributed by atoms with Crippen molar-refractivity contribution in [2.45, 2.75) is 6.54 Å². The highest BCUT2D eigenvalue weighted by molar-refractivity contribution is 6.43. The third-order valence-electron chi connectivity index (χ3n) is 4.90. The first-order valence-electron chi connectivity index (χ1n) is 9.39. The first kappa shape index (κ1) is 19.7. The van der Waals surface area contributed by atoms with Gasteiger partial charge in [-0.2, -0.15) is 0 Å². The number of aromatic nitrogens is 1. The number of hydrogen-bond acceptors (Lipinski definition) is 3. The van der Waals surface area contributed by atoms with E-state index in [0.717, 1.165) is 16.6 Å². The number of rotatable bonds is 6. The summed E-state index contributed by atoms with van der Waals surface area (Å²) in [6.45, 7) is 0.172. The number of methoxy groups -OCH3 is 1. The zero-order chi connectivity index (χ0) is 21.1. The van der Waals surface area contributed by atoms with Crippen LogP contribution >= 0.6 is 11.6 Å². The van der Waals surface area contributed by atoms with Gasteiger partial charge in [0.25, 0.3) is 11.7 Å². The van der Waals surface area contributed by atoms with Gasteiger partial charge in [-0.1, -0.05) is 48.0 Å². The molecule has 5 nitrogen and oxygen atoms in total. The molecule has 30 heavy (non-hydrogen) atoms. The number of carbonyl (C=O) groups excluding carboxylic acids is 2. The molecule has 2 heterocycles. The van der Waals surface area contributed by atoms with E-state index in [4.69, 9.17) is 16.3 Å². The summed E-state index contributed by atoms with van der Waals surface area (Å²) in [7, 11) is 1.60. The molecule has 0 saturated heterocycles. The number of fused-ring (bicyclic) bond motifs is 1. The predicted molar refractivity (Wildman–Crippen MR) is 117 cm³/mol. The molecule has 0 aliphatic carbocycles. The average Bonchev–Trinajstić information content (AvgIpc) is 3.17. The van der Waals surface area contributed by atoms with Crippen LogP contribution in [0.5, 0.6) is 5.75 Å². The van der Waals surface area contributed by atoms with Crippen LogP contribution in [0.2, 0.25) is 5.02 Å². The number of amides is 1. The predicted octanol–water partition coefficient (Wildman–Crippen LogP) is 4.77. The van der Waals surface area contributed by atoms with Crippen molar-refractivity contribution in [3.05, 3.63) is 95.3 Å². The van der Waals surface area contributed by atoms with Crippen LogP contribution in [0, 0.1) is 0 Å². The molecule has 1 N–H and O–H groups in total. The topological polar surface area (TPSA) is 59.8 Å². The highest BCUT2D eigenvalue weighted by Gasteiger charge is 2.24. The zero-order valence-corrected chi connectivity index (χ0v) is 17.0. The first-order valence-corrected chi connectivity index (χ1v) is 9.76. The van der Waals surface area contributed by atoms with Crippen LogP contribution in [0.4, 0.5) is 0 Å². The smallest absolute Gasteiger partial charge is 0.294 e. The lowest BCUT2D eigenvalue weighted by atomic mass is 10.0. The summed E-state index contributed by atoms with van der Waals surface area (Å²) in [6.07, 6.45) is 1.77. The maximum atomic E-state index is 13.2. The normalized spacial score (nSPS) is 10.7. The molecule has 0 bridgehead atoms. The first-order chi connectivity index (χ1) is 14.6. The Labute approximate surface area is 178 Å². The van der Waals surface area contributed by atoms with Crippen LogP contribution < -0.4 is 10.1 Å². The number of hydrogen-bond donors (Lipinski definition) is 1. The fourth-order valence-electron chi connectivity index (χ4n) is 3.35. The molecule has 2 aromatic heterocycles. The molecule has 0 radical (unpaired) electrons. The molecule has 0 spiro atoms. The maximum absolute atomic E-state index is 13.2. The molecular weight excluding hydrogens is 400 g/mol. The Morgan fingerprint density at radius 2 is 1.73 bits per heavy atom. The van der Waals surface area contributed by atoms with E-state index >= 15 is 0 Å². The second-order valence-electron chi connectivity index (χ2n) is 6.73. The fraction of sp³-hybridized carbons (Fsp3) is 0.0833. The molecule has 1 amide bonds. The number of nitrogens with one attached hydrogen (secondary N) is 1. The van der Waals surface area contributed by atoms with Crippen molar-refractivity contribution in [1.29, 1.82) is 0 Å². The van der Waals surface area contributed by atoms with Crippen molar-refractivity contribution >= 4 is 28.8 Å². The largest absolute Gasteiger partial charge is 0.497 e. The second kappa shape index (κ2) is 8.43. The molecule has 0 atom stereocenters. The van der Waals surface area contributed by atoms with Gasteiger partial charge in [-0.3, -0.25) is 9.59 Å². The summed E-state index contributed by atoms with van der Waals surface area (Å²) < 4.78 is 6.95. The SMILES string of the molecule is COc1ccc(-c2cc3ccccn3c2C(=O)C(=O)NCc2ccccc2Cl)cc1. The van der Waals surface area contributed by atoms with E-state index < -0.39 is 11.7 Å². The van der Waals surface area contributed by atoms with E-state index in [1.54, 1.807) is 23.8 Å². The van der Waals surface area contributed by atoms with Crippen LogP contribution in [0.15, 0.2) is 79.0 Å². The van der Waals surface area contributed by atoms with Gasteiger partial charge in [0, 0.05) is 28.8 Å². The lowest BCUT2D eigenvalue weighted by Crippen LogP contribution is -2.31. The standard InChI is InChI=1S/C24H19ClN2O3/c1-30-19-11-9-16(10-12-19)20-14-18-7-4-5-13-27(18)22(20)23(28)24(29)26-15-17-6-2-3-8-21(17)25/h2-14H,15H2,1H3,(H,26,29).